The highest BCUT2D eigenvalue weighted by Gasteiger charge is 2.34. The van der Waals surface area contributed by atoms with Gasteiger partial charge in [0.05, 0.1) is 23.3 Å². The van der Waals surface area contributed by atoms with E-state index in [0.717, 1.165) is 66.8 Å². The Kier molecular flexibility index (Phi) is 7.31. The number of furan rings is 1. The molecule has 2 atom stereocenters. The molecular weight excluding hydrogens is 669 g/mol. The first-order chi connectivity index (χ1) is 27.2. The average molecular weight is 703 g/mol. The summed E-state index contributed by atoms with van der Waals surface area (Å²) in [6.45, 7) is 0. The Morgan fingerprint density at radius 2 is 1.00 bits per heavy atom. The van der Waals surface area contributed by atoms with Gasteiger partial charge in [-0.15, -0.1) is 0 Å². The van der Waals surface area contributed by atoms with Crippen LogP contribution in [0.3, 0.4) is 0 Å². The molecule has 0 aliphatic heterocycles. The van der Waals surface area contributed by atoms with E-state index in [9.17, 15) is 0 Å². The van der Waals surface area contributed by atoms with E-state index in [1.165, 1.54) is 33.4 Å². The summed E-state index contributed by atoms with van der Waals surface area (Å²) in [5, 5.41) is 2.28. The van der Waals surface area contributed by atoms with Gasteiger partial charge in [0.25, 0.3) is 0 Å². The third kappa shape index (κ3) is 5.35. The maximum Gasteiger partial charge on any atom is 0.143 e. The SMILES string of the molecule is C1=CC2c3ccccc3-c3ncc(-c4cccc(-c5ccc(-c6cccc(-c7cccc(-c8cccc9c8oc8ccccc89)c7)c6)cc5)c4)nc3C2C=C1. The molecule has 2 heterocycles. The van der Waals surface area contributed by atoms with Crippen LogP contribution in [0, 0.1) is 0 Å². The van der Waals surface area contributed by atoms with E-state index < -0.39 is 0 Å². The van der Waals surface area contributed by atoms with E-state index in [1.54, 1.807) is 0 Å². The fourth-order valence-corrected chi connectivity index (χ4v) is 8.58. The third-order valence-electron chi connectivity index (χ3n) is 11.3. The van der Waals surface area contributed by atoms with Crippen LogP contribution in [-0.2, 0) is 0 Å². The van der Waals surface area contributed by atoms with Crippen molar-refractivity contribution < 1.29 is 4.42 Å². The minimum Gasteiger partial charge on any atom is -0.455 e. The van der Waals surface area contributed by atoms with Crippen LogP contribution in [0.1, 0.15) is 23.1 Å². The average Bonchev–Trinajstić information content (AvgIpc) is 3.66. The molecule has 2 aliphatic rings. The quantitative estimate of drug-likeness (QED) is 0.179. The van der Waals surface area contributed by atoms with Crippen molar-refractivity contribution in [3.05, 3.63) is 206 Å². The smallest absolute Gasteiger partial charge is 0.143 e. The van der Waals surface area contributed by atoms with Gasteiger partial charge in [-0.3, -0.25) is 4.98 Å². The second-order valence-corrected chi connectivity index (χ2v) is 14.5. The van der Waals surface area contributed by atoms with Gasteiger partial charge in [-0.05, 0) is 68.8 Å². The number of aromatic nitrogens is 2. The summed E-state index contributed by atoms with van der Waals surface area (Å²) in [4.78, 5) is 10.3. The van der Waals surface area contributed by atoms with Gasteiger partial charge in [-0.2, -0.15) is 0 Å². The molecule has 9 aromatic rings. The van der Waals surface area contributed by atoms with Gasteiger partial charge >= 0.3 is 0 Å². The summed E-state index contributed by atoms with van der Waals surface area (Å²) < 4.78 is 6.37. The van der Waals surface area contributed by atoms with E-state index in [2.05, 4.69) is 176 Å². The lowest BCUT2D eigenvalue weighted by atomic mass is 9.73. The van der Waals surface area contributed by atoms with Crippen molar-refractivity contribution in [2.24, 2.45) is 0 Å². The molecule has 0 amide bonds. The second-order valence-electron chi connectivity index (χ2n) is 14.5. The summed E-state index contributed by atoms with van der Waals surface area (Å²) in [5.41, 5.74) is 17.6. The first-order valence-electron chi connectivity index (χ1n) is 18.9. The number of benzene rings is 7. The Balaban J connectivity index is 0.881. The van der Waals surface area contributed by atoms with Gasteiger partial charge in [0, 0.05) is 39.3 Å². The predicted octanol–water partition coefficient (Wildman–Crippen LogP) is 13.7. The molecule has 3 nitrogen and oxygen atoms in total. The van der Waals surface area contributed by atoms with Crippen molar-refractivity contribution in [3.8, 4) is 67.0 Å². The Bertz CT molecular complexity index is 3000. The molecule has 0 saturated heterocycles. The zero-order valence-electron chi connectivity index (χ0n) is 29.9. The van der Waals surface area contributed by atoms with Crippen LogP contribution >= 0.6 is 0 Å². The molecule has 258 valence electrons. The van der Waals surface area contributed by atoms with Crippen molar-refractivity contribution in [3.63, 3.8) is 0 Å². The van der Waals surface area contributed by atoms with Crippen LogP contribution in [0.15, 0.2) is 199 Å². The van der Waals surface area contributed by atoms with Crippen LogP contribution < -0.4 is 0 Å². The van der Waals surface area contributed by atoms with Gasteiger partial charge in [0.15, 0.2) is 0 Å². The molecule has 0 spiro atoms. The molecule has 55 heavy (non-hydrogen) atoms. The summed E-state index contributed by atoms with van der Waals surface area (Å²) in [6, 6.07) is 58.4. The number of para-hydroxylation sites is 2. The van der Waals surface area contributed by atoms with Gasteiger partial charge in [-0.1, -0.05) is 164 Å². The summed E-state index contributed by atoms with van der Waals surface area (Å²) in [5.74, 6) is 0.455. The summed E-state index contributed by atoms with van der Waals surface area (Å²) in [6.07, 6.45) is 10.8. The fraction of sp³-hybridized carbons (Fsp3) is 0.0385. The molecule has 2 aromatic heterocycles. The first kappa shape index (κ1) is 31.4. The van der Waals surface area contributed by atoms with E-state index >= 15 is 0 Å². The largest absolute Gasteiger partial charge is 0.455 e. The molecule has 0 N–H and O–H groups in total. The maximum atomic E-state index is 6.37. The lowest BCUT2D eigenvalue weighted by molar-refractivity contribution is 0.670. The summed E-state index contributed by atoms with van der Waals surface area (Å²) in [7, 11) is 0. The number of nitrogens with zero attached hydrogens (tertiary/aromatic N) is 2. The molecule has 2 unspecified atom stereocenters. The van der Waals surface area contributed by atoms with E-state index in [4.69, 9.17) is 14.4 Å². The van der Waals surface area contributed by atoms with E-state index in [-0.39, 0.29) is 11.8 Å². The lowest BCUT2D eigenvalue weighted by Gasteiger charge is -2.32. The van der Waals surface area contributed by atoms with Gasteiger partial charge in [-0.25, -0.2) is 4.98 Å². The van der Waals surface area contributed by atoms with Crippen LogP contribution in [0.4, 0.5) is 0 Å². The highest BCUT2D eigenvalue weighted by molar-refractivity contribution is 6.09. The molecule has 0 saturated carbocycles. The Hall–Kier alpha value is -7.10. The molecule has 2 aliphatic carbocycles. The molecule has 0 fully saturated rings. The number of hydrogen-bond donors (Lipinski definition) is 0. The molecule has 7 aromatic carbocycles. The predicted molar refractivity (Wildman–Crippen MR) is 226 cm³/mol. The van der Waals surface area contributed by atoms with Crippen molar-refractivity contribution in [2.45, 2.75) is 11.8 Å². The molecule has 11 rings (SSSR count). The van der Waals surface area contributed by atoms with Crippen molar-refractivity contribution in [2.75, 3.05) is 0 Å². The van der Waals surface area contributed by atoms with Gasteiger partial charge < -0.3 is 4.42 Å². The van der Waals surface area contributed by atoms with Crippen LogP contribution in [0.25, 0.3) is 89.0 Å². The Morgan fingerprint density at radius 1 is 0.436 bits per heavy atom. The fourth-order valence-electron chi connectivity index (χ4n) is 8.58. The minimum absolute atomic E-state index is 0.179. The zero-order chi connectivity index (χ0) is 36.3. The number of rotatable bonds is 5. The summed E-state index contributed by atoms with van der Waals surface area (Å²) >= 11 is 0. The standard InChI is InChI=1S/C52H34N2O/c1-3-20-45-42(17-1)43-18-2-4-21-46(43)51-50(45)53-32-48(54-51)40-16-9-12-36(31-40)34-27-25-33(26-28-34)35-11-7-13-37(29-35)38-14-8-15-39(30-38)41-22-10-23-47-44-19-5-6-24-49(44)55-52(41)47/h1-32,43,46H. The Morgan fingerprint density at radius 3 is 1.78 bits per heavy atom. The van der Waals surface area contributed by atoms with E-state index in [1.807, 2.05) is 18.3 Å². The number of hydrogen-bond acceptors (Lipinski definition) is 3. The normalized spacial score (nSPS) is 15.5. The lowest BCUT2D eigenvalue weighted by Crippen LogP contribution is -2.19. The minimum atomic E-state index is 0.179. The van der Waals surface area contributed by atoms with Crippen molar-refractivity contribution >= 4 is 21.9 Å². The molecule has 0 bridgehead atoms. The first-order valence-corrected chi connectivity index (χ1v) is 18.9. The Labute approximate surface area is 319 Å². The maximum absolute atomic E-state index is 6.37. The van der Waals surface area contributed by atoms with Gasteiger partial charge in [0.1, 0.15) is 11.2 Å². The van der Waals surface area contributed by atoms with Crippen LogP contribution in [0.2, 0.25) is 0 Å². The monoisotopic (exact) mass is 702 g/mol. The van der Waals surface area contributed by atoms with Crippen LogP contribution in [-0.4, -0.2) is 9.97 Å². The third-order valence-corrected chi connectivity index (χ3v) is 11.3. The second kappa shape index (κ2) is 12.8. The highest BCUT2D eigenvalue weighted by Crippen LogP contribution is 2.48. The van der Waals surface area contributed by atoms with Crippen molar-refractivity contribution in [1.82, 2.24) is 9.97 Å². The van der Waals surface area contributed by atoms with Gasteiger partial charge in [0.2, 0.25) is 0 Å². The zero-order valence-corrected chi connectivity index (χ0v) is 29.9. The molecule has 3 heteroatoms. The highest BCUT2D eigenvalue weighted by atomic mass is 16.3. The molecule has 0 radical (unpaired) electrons. The van der Waals surface area contributed by atoms with Crippen LogP contribution in [0.5, 0.6) is 0 Å². The van der Waals surface area contributed by atoms with Crippen molar-refractivity contribution in [1.29, 1.82) is 0 Å². The number of allylic oxidation sites excluding steroid dienone is 4. The number of fused-ring (bicyclic) bond motifs is 9. The van der Waals surface area contributed by atoms with E-state index in [0.29, 0.717) is 0 Å². The topological polar surface area (TPSA) is 38.9 Å². The molecular formula is C52H34N2O.